The molecule has 2 aliphatic heterocycles. The lowest BCUT2D eigenvalue weighted by atomic mass is 9.76. The van der Waals surface area contributed by atoms with Crippen molar-refractivity contribution in [3.8, 4) is 0 Å². The van der Waals surface area contributed by atoms with E-state index >= 15 is 0 Å². The molecule has 1 saturated heterocycles. The van der Waals surface area contributed by atoms with Gasteiger partial charge in [0.15, 0.2) is 0 Å². The highest BCUT2D eigenvalue weighted by Crippen LogP contribution is 2.66. The predicted molar refractivity (Wildman–Crippen MR) is 102 cm³/mol. The number of ether oxygens (including phenoxy) is 1. The second-order valence-corrected chi connectivity index (χ2v) is 8.55. The molecule has 1 aromatic carbocycles. The number of benzene rings is 1. The first kappa shape index (κ1) is 17.5. The summed E-state index contributed by atoms with van der Waals surface area (Å²) in [7, 11) is 0. The fourth-order valence-corrected chi connectivity index (χ4v) is 5.85. The summed E-state index contributed by atoms with van der Waals surface area (Å²) in [6.45, 7) is 4.33. The molecule has 0 spiro atoms. The molecule has 2 heterocycles. The van der Waals surface area contributed by atoms with Crippen LogP contribution in [0.5, 0.6) is 0 Å². The van der Waals surface area contributed by atoms with Crippen LogP contribution in [0.2, 0.25) is 5.02 Å². The molecule has 6 heteroatoms. The zero-order chi connectivity index (χ0) is 18.6. The highest BCUT2D eigenvalue weighted by atomic mass is 35.5. The largest absolute Gasteiger partial charge is 0.466 e. The highest BCUT2D eigenvalue weighted by molar-refractivity contribution is 6.30. The quantitative estimate of drug-likeness (QED) is 0.738. The highest BCUT2D eigenvalue weighted by Gasteiger charge is 2.75. The molecule has 0 radical (unpaired) electrons. The number of carbonyl (C=O) groups is 1. The molecule has 5 unspecified atom stereocenters. The number of carbonyl (C=O) groups excluding carboxylic acids is 1. The van der Waals surface area contributed by atoms with Gasteiger partial charge in [-0.1, -0.05) is 28.9 Å². The van der Waals surface area contributed by atoms with Gasteiger partial charge in [-0.2, -0.15) is 0 Å². The van der Waals surface area contributed by atoms with Gasteiger partial charge in [0.05, 0.1) is 24.2 Å². The summed E-state index contributed by atoms with van der Waals surface area (Å²) in [5, 5.41) is 5.31. The van der Waals surface area contributed by atoms with Gasteiger partial charge in [0, 0.05) is 24.0 Å². The maximum absolute atomic E-state index is 12.6. The SMILES string of the molecule is CCOC(=O)C1C2CCC3C(c4ccc(Cl)cc4)=NOC3(N3CCCC3)C21. The number of hydrogen-bond donors (Lipinski definition) is 0. The molecule has 1 aromatic rings. The Labute approximate surface area is 164 Å². The lowest BCUT2D eigenvalue weighted by molar-refractivity contribution is -0.183. The summed E-state index contributed by atoms with van der Waals surface area (Å²) in [6, 6.07) is 7.84. The van der Waals surface area contributed by atoms with Crippen LogP contribution in [0.4, 0.5) is 0 Å². The van der Waals surface area contributed by atoms with E-state index < -0.39 is 5.72 Å². The van der Waals surface area contributed by atoms with Crippen LogP contribution in [0.15, 0.2) is 29.4 Å². The Hall–Kier alpha value is -1.59. The minimum atomic E-state index is -0.480. The number of esters is 1. The van der Waals surface area contributed by atoms with E-state index in [2.05, 4.69) is 10.1 Å². The van der Waals surface area contributed by atoms with Crippen LogP contribution in [0.1, 0.15) is 38.2 Å². The van der Waals surface area contributed by atoms with Crippen LogP contribution >= 0.6 is 11.6 Å². The molecular formula is C21H25ClN2O3. The van der Waals surface area contributed by atoms with E-state index in [-0.39, 0.29) is 23.7 Å². The Morgan fingerprint density at radius 1 is 1.30 bits per heavy atom. The third-order valence-electron chi connectivity index (χ3n) is 6.85. The minimum absolute atomic E-state index is 0.0460. The van der Waals surface area contributed by atoms with E-state index in [9.17, 15) is 4.79 Å². The van der Waals surface area contributed by atoms with Crippen molar-refractivity contribution in [3.05, 3.63) is 34.9 Å². The fourth-order valence-electron chi connectivity index (χ4n) is 5.73. The first-order chi connectivity index (χ1) is 13.2. The number of oxime groups is 1. The summed E-state index contributed by atoms with van der Waals surface area (Å²) >= 11 is 6.07. The molecule has 144 valence electrons. The van der Waals surface area contributed by atoms with Gasteiger partial charge in [0.25, 0.3) is 0 Å². The number of hydrogen-bond acceptors (Lipinski definition) is 5. The molecule has 27 heavy (non-hydrogen) atoms. The lowest BCUT2D eigenvalue weighted by Gasteiger charge is -2.43. The van der Waals surface area contributed by atoms with Crippen molar-refractivity contribution in [3.63, 3.8) is 0 Å². The van der Waals surface area contributed by atoms with Gasteiger partial charge in [0.2, 0.25) is 5.72 Å². The Balaban J connectivity index is 1.50. The average Bonchev–Trinajstić information content (AvgIpc) is 3.03. The zero-order valence-corrected chi connectivity index (χ0v) is 16.3. The Morgan fingerprint density at radius 2 is 2.04 bits per heavy atom. The summed E-state index contributed by atoms with van der Waals surface area (Å²) < 4.78 is 5.37. The second-order valence-electron chi connectivity index (χ2n) is 8.12. The normalized spacial score (nSPS) is 37.2. The van der Waals surface area contributed by atoms with Crippen molar-refractivity contribution in [2.75, 3.05) is 19.7 Å². The van der Waals surface area contributed by atoms with E-state index in [4.69, 9.17) is 21.2 Å². The van der Waals surface area contributed by atoms with Crippen LogP contribution in [0.25, 0.3) is 0 Å². The standard InChI is InChI=1S/C21H25ClN2O3/c1-2-26-20(25)17-15-9-10-16-19(13-5-7-14(22)8-6-13)23-27-21(16,18(15)17)24-11-3-4-12-24/h5-8,15-18H,2-4,9-12H2,1H3. The lowest BCUT2D eigenvalue weighted by Crippen LogP contribution is -2.57. The number of likely N-dealkylation sites (tertiary alicyclic amines) is 1. The van der Waals surface area contributed by atoms with Crippen molar-refractivity contribution in [2.45, 2.75) is 38.3 Å². The molecule has 2 aliphatic carbocycles. The molecule has 0 aromatic heterocycles. The van der Waals surface area contributed by atoms with Crippen molar-refractivity contribution in [1.29, 1.82) is 0 Å². The summed E-state index contributed by atoms with van der Waals surface area (Å²) in [5.74, 6) is 0.630. The third-order valence-corrected chi connectivity index (χ3v) is 7.11. The Morgan fingerprint density at radius 3 is 2.74 bits per heavy atom. The van der Waals surface area contributed by atoms with Crippen LogP contribution in [-0.2, 0) is 14.4 Å². The van der Waals surface area contributed by atoms with Crippen molar-refractivity contribution >= 4 is 23.3 Å². The van der Waals surface area contributed by atoms with Gasteiger partial charge in [-0.25, -0.2) is 0 Å². The van der Waals surface area contributed by atoms with Crippen molar-refractivity contribution in [1.82, 2.24) is 4.90 Å². The van der Waals surface area contributed by atoms with Crippen molar-refractivity contribution < 1.29 is 14.4 Å². The van der Waals surface area contributed by atoms with Gasteiger partial charge < -0.3 is 9.57 Å². The summed E-state index contributed by atoms with van der Waals surface area (Å²) in [4.78, 5) is 21.3. The number of nitrogens with zero attached hydrogens (tertiary/aromatic N) is 2. The van der Waals surface area contributed by atoms with Crippen molar-refractivity contribution in [2.24, 2.45) is 28.8 Å². The van der Waals surface area contributed by atoms with E-state index in [0.29, 0.717) is 12.5 Å². The number of fused-ring (bicyclic) bond motifs is 3. The van der Waals surface area contributed by atoms with Gasteiger partial charge in [0.1, 0.15) is 0 Å². The molecule has 4 aliphatic rings. The van der Waals surface area contributed by atoms with Crippen LogP contribution < -0.4 is 0 Å². The Kier molecular flexibility index (Phi) is 4.21. The van der Waals surface area contributed by atoms with Crippen LogP contribution in [0.3, 0.4) is 0 Å². The smallest absolute Gasteiger partial charge is 0.309 e. The van der Waals surface area contributed by atoms with Gasteiger partial charge in [-0.3, -0.25) is 9.69 Å². The molecule has 5 atom stereocenters. The topological polar surface area (TPSA) is 51.1 Å². The molecule has 0 amide bonds. The maximum atomic E-state index is 12.6. The molecule has 0 N–H and O–H groups in total. The summed E-state index contributed by atoms with van der Waals surface area (Å²) in [6.07, 6.45) is 4.38. The van der Waals surface area contributed by atoms with E-state index in [0.717, 1.165) is 42.2 Å². The Bertz CT molecular complexity index is 774. The minimum Gasteiger partial charge on any atom is -0.466 e. The molecule has 2 saturated carbocycles. The van der Waals surface area contributed by atoms with Crippen LogP contribution in [-0.4, -0.2) is 42.0 Å². The zero-order valence-electron chi connectivity index (χ0n) is 15.6. The summed E-state index contributed by atoms with van der Waals surface area (Å²) in [5.41, 5.74) is 1.59. The number of halogens is 1. The molecule has 3 fully saturated rings. The molecule has 5 rings (SSSR count). The fraction of sp³-hybridized carbons (Fsp3) is 0.619. The van der Waals surface area contributed by atoms with Crippen LogP contribution in [0, 0.1) is 23.7 Å². The van der Waals surface area contributed by atoms with Gasteiger partial charge >= 0.3 is 5.97 Å². The maximum Gasteiger partial charge on any atom is 0.309 e. The van der Waals surface area contributed by atoms with E-state index in [1.807, 2.05) is 31.2 Å². The first-order valence-electron chi connectivity index (χ1n) is 10.1. The van der Waals surface area contributed by atoms with Gasteiger partial charge in [-0.05, 0) is 56.2 Å². The van der Waals surface area contributed by atoms with Gasteiger partial charge in [-0.15, -0.1) is 0 Å². The first-order valence-corrected chi connectivity index (χ1v) is 10.5. The average molecular weight is 389 g/mol. The monoisotopic (exact) mass is 388 g/mol. The predicted octanol–water partition coefficient (Wildman–Crippen LogP) is 3.70. The molecule has 0 bridgehead atoms. The number of rotatable bonds is 4. The second kappa shape index (κ2) is 6.49. The third kappa shape index (κ3) is 2.54. The molecular weight excluding hydrogens is 364 g/mol. The molecule has 5 nitrogen and oxygen atoms in total. The van der Waals surface area contributed by atoms with E-state index in [1.54, 1.807) is 0 Å². The van der Waals surface area contributed by atoms with E-state index in [1.165, 1.54) is 12.8 Å².